The molecule has 1 aliphatic carbocycles. The quantitative estimate of drug-likeness (QED) is 0.535. The minimum Gasteiger partial charge on any atom is -0.390 e. The largest absolute Gasteiger partial charge is 0.390 e. The van der Waals surface area contributed by atoms with Crippen LogP contribution in [0.1, 0.15) is 108 Å². The Morgan fingerprint density at radius 3 is 2.07 bits per heavy atom. The van der Waals surface area contributed by atoms with Crippen LogP contribution in [-0.4, -0.2) is 35.2 Å². The zero-order valence-electron chi connectivity index (χ0n) is 19.5. The first-order valence-corrected chi connectivity index (χ1v) is 13.2. The van der Waals surface area contributed by atoms with E-state index in [1.807, 2.05) is 0 Å². The molecule has 1 heterocycles. The highest BCUT2D eigenvalue weighted by Crippen LogP contribution is 2.35. The molecule has 0 radical (unpaired) electrons. The molecule has 1 aromatic rings. The molecule has 3 rings (SSSR count). The van der Waals surface area contributed by atoms with E-state index in [4.69, 9.17) is 0 Å². The second-order valence-electron chi connectivity index (χ2n) is 10.2. The summed E-state index contributed by atoms with van der Waals surface area (Å²) in [6, 6.07) is 10.9. The van der Waals surface area contributed by atoms with Crippen LogP contribution in [0.25, 0.3) is 0 Å². The molecule has 2 atom stereocenters. The van der Waals surface area contributed by atoms with Crippen LogP contribution >= 0.6 is 0 Å². The molecule has 2 fully saturated rings. The average molecular weight is 414 g/mol. The molecule has 0 bridgehead atoms. The Hall–Kier alpha value is -0.860. The monoisotopic (exact) mass is 413 g/mol. The van der Waals surface area contributed by atoms with E-state index in [1.165, 1.54) is 102 Å². The molecule has 0 amide bonds. The molecule has 0 aromatic heterocycles. The Morgan fingerprint density at radius 1 is 0.767 bits per heavy atom. The molecule has 0 spiro atoms. The number of nitrogens with zero attached hydrogens (tertiary/aromatic N) is 1. The van der Waals surface area contributed by atoms with Crippen molar-refractivity contribution in [3.8, 4) is 0 Å². The number of benzene rings is 1. The van der Waals surface area contributed by atoms with Gasteiger partial charge < -0.3 is 10.0 Å². The van der Waals surface area contributed by atoms with Gasteiger partial charge in [-0.1, -0.05) is 94.5 Å². The summed E-state index contributed by atoms with van der Waals surface area (Å²) in [5.41, 5.74) is 0.943. The normalized spacial score (nSPS) is 28.2. The highest BCUT2D eigenvalue weighted by molar-refractivity contribution is 5.14. The molecule has 2 nitrogen and oxygen atoms in total. The Kier molecular flexibility index (Phi) is 10.7. The van der Waals surface area contributed by atoms with E-state index in [0.29, 0.717) is 5.92 Å². The summed E-state index contributed by atoms with van der Waals surface area (Å²) in [4.78, 5) is 2.70. The highest BCUT2D eigenvalue weighted by Gasteiger charge is 2.36. The van der Waals surface area contributed by atoms with Crippen LogP contribution in [-0.2, 0) is 6.42 Å². The van der Waals surface area contributed by atoms with Gasteiger partial charge in [0.05, 0.1) is 5.60 Å². The molecular formula is C28H47NO. The van der Waals surface area contributed by atoms with Crippen molar-refractivity contribution >= 4 is 0 Å². The van der Waals surface area contributed by atoms with Crippen molar-refractivity contribution in [3.63, 3.8) is 0 Å². The second-order valence-corrected chi connectivity index (χ2v) is 10.2. The Balaban J connectivity index is 1.65. The topological polar surface area (TPSA) is 23.5 Å². The first-order chi connectivity index (χ1) is 14.8. The van der Waals surface area contributed by atoms with E-state index in [2.05, 4.69) is 35.2 Å². The number of hydrogen-bond acceptors (Lipinski definition) is 2. The fourth-order valence-electron chi connectivity index (χ4n) is 5.82. The van der Waals surface area contributed by atoms with E-state index >= 15 is 0 Å². The summed E-state index contributed by atoms with van der Waals surface area (Å²) in [6.45, 7) is 3.62. The molecule has 1 aromatic carbocycles. The first-order valence-electron chi connectivity index (χ1n) is 13.2. The van der Waals surface area contributed by atoms with E-state index in [0.717, 1.165) is 32.2 Å². The zero-order chi connectivity index (χ0) is 20.9. The van der Waals surface area contributed by atoms with Crippen molar-refractivity contribution < 1.29 is 5.11 Å². The van der Waals surface area contributed by atoms with Crippen molar-refractivity contribution in [3.05, 3.63) is 35.9 Å². The highest BCUT2D eigenvalue weighted by atomic mass is 16.3. The summed E-state index contributed by atoms with van der Waals surface area (Å²) < 4.78 is 0. The maximum Gasteiger partial charge on any atom is 0.0688 e. The average Bonchev–Trinajstić information content (AvgIpc) is 3.03. The summed E-state index contributed by atoms with van der Waals surface area (Å²) in [6.07, 6.45) is 21.6. The molecule has 1 aliphatic heterocycles. The van der Waals surface area contributed by atoms with Gasteiger partial charge in [0.15, 0.2) is 0 Å². The zero-order valence-corrected chi connectivity index (χ0v) is 19.5. The van der Waals surface area contributed by atoms with Crippen molar-refractivity contribution in [2.75, 3.05) is 19.6 Å². The number of aryl methyl sites for hydroxylation is 1. The van der Waals surface area contributed by atoms with Gasteiger partial charge in [-0.15, -0.1) is 0 Å². The van der Waals surface area contributed by atoms with Gasteiger partial charge in [0.1, 0.15) is 0 Å². The third kappa shape index (κ3) is 8.35. The van der Waals surface area contributed by atoms with E-state index in [9.17, 15) is 5.11 Å². The second kappa shape index (κ2) is 13.5. The minimum atomic E-state index is -0.472. The predicted octanol–water partition coefficient (Wildman–Crippen LogP) is 7.15. The SMILES string of the molecule is OC1(CCCc2ccccc2)CCCCCCCCCCC1CN1CCCCCC1. The van der Waals surface area contributed by atoms with Crippen molar-refractivity contribution in [1.29, 1.82) is 0 Å². The van der Waals surface area contributed by atoms with Crippen LogP contribution in [0, 0.1) is 5.92 Å². The molecule has 2 aliphatic rings. The molecule has 2 heteroatoms. The summed E-state index contributed by atoms with van der Waals surface area (Å²) in [5, 5.41) is 12.1. The number of likely N-dealkylation sites (tertiary alicyclic amines) is 1. The Labute approximate surface area is 186 Å². The molecule has 30 heavy (non-hydrogen) atoms. The van der Waals surface area contributed by atoms with Crippen LogP contribution < -0.4 is 0 Å². The molecule has 1 saturated carbocycles. The number of hydrogen-bond donors (Lipinski definition) is 1. The maximum atomic E-state index is 12.1. The Bertz CT molecular complexity index is 551. The lowest BCUT2D eigenvalue weighted by Gasteiger charge is -2.40. The minimum absolute atomic E-state index is 0.450. The summed E-state index contributed by atoms with van der Waals surface area (Å²) >= 11 is 0. The van der Waals surface area contributed by atoms with Crippen LogP contribution in [0.4, 0.5) is 0 Å². The van der Waals surface area contributed by atoms with Crippen LogP contribution in [0.2, 0.25) is 0 Å². The van der Waals surface area contributed by atoms with Gasteiger partial charge in [0.2, 0.25) is 0 Å². The van der Waals surface area contributed by atoms with Gasteiger partial charge in [-0.2, -0.15) is 0 Å². The van der Waals surface area contributed by atoms with Crippen LogP contribution in [0.3, 0.4) is 0 Å². The molecular weight excluding hydrogens is 366 g/mol. The smallest absolute Gasteiger partial charge is 0.0688 e. The lowest BCUT2D eigenvalue weighted by atomic mass is 9.75. The third-order valence-electron chi connectivity index (χ3n) is 7.77. The summed E-state index contributed by atoms with van der Waals surface area (Å²) in [5.74, 6) is 0.450. The number of rotatable bonds is 6. The van der Waals surface area contributed by atoms with Crippen molar-refractivity contribution in [2.45, 2.75) is 115 Å². The summed E-state index contributed by atoms with van der Waals surface area (Å²) in [7, 11) is 0. The van der Waals surface area contributed by atoms with Crippen LogP contribution in [0.15, 0.2) is 30.3 Å². The molecule has 170 valence electrons. The predicted molar refractivity (Wildman–Crippen MR) is 129 cm³/mol. The lowest BCUT2D eigenvalue weighted by molar-refractivity contribution is -0.0525. The molecule has 1 saturated heterocycles. The maximum absolute atomic E-state index is 12.1. The van der Waals surface area contributed by atoms with Crippen LogP contribution in [0.5, 0.6) is 0 Å². The van der Waals surface area contributed by atoms with E-state index in [-0.39, 0.29) is 0 Å². The standard InChI is InChI=1S/C28H47NO/c30-28(22-16-19-26-17-10-9-11-18-26)21-13-6-4-2-1-3-5-12-20-27(28)25-29-23-14-7-8-15-24-29/h9-11,17-18,27,30H,1-8,12-16,19-25H2. The van der Waals surface area contributed by atoms with Gasteiger partial charge in [-0.3, -0.25) is 0 Å². The van der Waals surface area contributed by atoms with E-state index in [1.54, 1.807) is 0 Å². The van der Waals surface area contributed by atoms with Gasteiger partial charge in [0.25, 0.3) is 0 Å². The van der Waals surface area contributed by atoms with Gasteiger partial charge in [0, 0.05) is 12.5 Å². The van der Waals surface area contributed by atoms with Crippen molar-refractivity contribution in [1.82, 2.24) is 4.90 Å². The van der Waals surface area contributed by atoms with E-state index < -0.39 is 5.60 Å². The van der Waals surface area contributed by atoms with Gasteiger partial charge in [-0.05, 0) is 63.6 Å². The van der Waals surface area contributed by atoms with Crippen molar-refractivity contribution in [2.24, 2.45) is 5.92 Å². The number of aliphatic hydroxyl groups is 1. The van der Waals surface area contributed by atoms with Gasteiger partial charge >= 0.3 is 0 Å². The Morgan fingerprint density at radius 2 is 1.37 bits per heavy atom. The fraction of sp³-hybridized carbons (Fsp3) is 0.786. The van der Waals surface area contributed by atoms with Gasteiger partial charge in [-0.25, -0.2) is 0 Å². The molecule has 2 unspecified atom stereocenters. The first kappa shape index (κ1) is 23.8. The fourth-order valence-corrected chi connectivity index (χ4v) is 5.82. The third-order valence-corrected chi connectivity index (χ3v) is 7.77. The molecule has 1 N–H and O–H groups in total. The lowest BCUT2D eigenvalue weighted by Crippen LogP contribution is -2.45.